The molecule has 2 amide bonds. The van der Waals surface area contributed by atoms with Crippen LogP contribution in [0.5, 0.6) is 11.5 Å². The van der Waals surface area contributed by atoms with Gasteiger partial charge in [-0.15, -0.1) is 0 Å². The van der Waals surface area contributed by atoms with Crippen LogP contribution in [0.1, 0.15) is 32.0 Å². The summed E-state index contributed by atoms with van der Waals surface area (Å²) < 4.78 is 21.1. The topological polar surface area (TPSA) is 124 Å². The lowest BCUT2D eigenvalue weighted by molar-refractivity contribution is -0.115. The molecular formula is C31H34N4O6. The Morgan fingerprint density at radius 1 is 0.927 bits per heavy atom. The summed E-state index contributed by atoms with van der Waals surface area (Å²) >= 11 is 0. The molecule has 0 unspecified atom stereocenters. The van der Waals surface area contributed by atoms with E-state index in [-0.39, 0.29) is 19.2 Å². The molecule has 10 nitrogen and oxygen atoms in total. The van der Waals surface area contributed by atoms with Crippen LogP contribution in [0.3, 0.4) is 0 Å². The van der Waals surface area contributed by atoms with Crippen LogP contribution < -0.4 is 20.1 Å². The third-order valence-electron chi connectivity index (χ3n) is 5.84. The van der Waals surface area contributed by atoms with Crippen molar-refractivity contribution in [1.82, 2.24) is 15.5 Å². The molecule has 4 rings (SSSR count). The van der Waals surface area contributed by atoms with E-state index in [2.05, 4.69) is 20.8 Å². The van der Waals surface area contributed by atoms with Gasteiger partial charge in [0.25, 0.3) is 0 Å². The molecule has 0 saturated heterocycles. The predicted octanol–water partition coefficient (Wildman–Crippen LogP) is 5.85. The summed E-state index contributed by atoms with van der Waals surface area (Å²) in [7, 11) is 3.17. The van der Waals surface area contributed by atoms with Crippen molar-refractivity contribution >= 4 is 40.7 Å². The largest absolute Gasteiger partial charge is 0.493 e. The summed E-state index contributed by atoms with van der Waals surface area (Å²) in [5.74, 6) is 0.880. The Morgan fingerprint density at radius 3 is 2.37 bits per heavy atom. The number of anilines is 1. The number of aromatic amines is 1. The first-order valence-corrected chi connectivity index (χ1v) is 13.0. The second-order valence-corrected chi connectivity index (χ2v) is 10.1. The maximum Gasteiger partial charge on any atom is 0.408 e. The Bertz CT molecular complexity index is 1540. The summed E-state index contributed by atoms with van der Waals surface area (Å²) in [5.41, 5.74) is 4.62. The molecule has 0 radical (unpaired) electrons. The number of benzene rings is 3. The quantitative estimate of drug-likeness (QED) is 0.209. The van der Waals surface area contributed by atoms with Gasteiger partial charge in [-0.05, 0) is 79.9 Å². The van der Waals surface area contributed by atoms with Crippen LogP contribution in [0.25, 0.3) is 34.2 Å². The van der Waals surface area contributed by atoms with Crippen molar-refractivity contribution in [2.45, 2.75) is 26.4 Å². The van der Waals surface area contributed by atoms with Gasteiger partial charge in [-0.25, -0.2) is 4.79 Å². The average molecular weight is 559 g/mol. The second kappa shape index (κ2) is 13.0. The fourth-order valence-electron chi connectivity index (χ4n) is 3.96. The summed E-state index contributed by atoms with van der Waals surface area (Å²) in [6.07, 6.45) is 3.24. The standard InChI is InChI=1S/C31H34N4O6/c1-31(2,3)41-30(37)32-18-29(36)33-23-11-6-20(7-12-23)8-14-25-24-13-9-21(16-26(24)35-34-25)22-10-15-27(40-19-38-4)28(17-22)39-5/h6-17H,18-19H2,1-5H3,(H,32,37)(H,33,36)(H,34,35). The van der Waals surface area contributed by atoms with E-state index in [0.717, 1.165) is 33.3 Å². The van der Waals surface area contributed by atoms with Crippen molar-refractivity contribution in [3.63, 3.8) is 0 Å². The molecule has 0 spiro atoms. The van der Waals surface area contributed by atoms with Crippen molar-refractivity contribution in [1.29, 1.82) is 0 Å². The molecule has 0 saturated carbocycles. The SMILES string of the molecule is COCOc1ccc(-c2ccc3c(C=Cc4ccc(NC(=O)CNC(=O)OC(C)(C)C)cc4)n[nH]c3c2)cc1OC. The lowest BCUT2D eigenvalue weighted by Gasteiger charge is -2.19. The van der Waals surface area contributed by atoms with E-state index >= 15 is 0 Å². The number of methoxy groups -OCH3 is 2. The number of aromatic nitrogens is 2. The van der Waals surface area contributed by atoms with Gasteiger partial charge in [-0.2, -0.15) is 5.10 Å². The third kappa shape index (κ3) is 8.09. The van der Waals surface area contributed by atoms with E-state index in [1.165, 1.54) is 0 Å². The molecule has 0 bridgehead atoms. The van der Waals surface area contributed by atoms with Crippen LogP contribution in [0.2, 0.25) is 0 Å². The number of rotatable bonds is 10. The number of nitrogens with zero attached hydrogens (tertiary/aromatic N) is 1. The normalized spacial score (nSPS) is 11.4. The number of ether oxygens (including phenoxy) is 4. The minimum absolute atomic E-state index is 0.141. The first-order valence-electron chi connectivity index (χ1n) is 13.0. The van der Waals surface area contributed by atoms with Crippen molar-refractivity contribution in [2.75, 3.05) is 32.9 Å². The molecule has 1 aromatic heterocycles. The molecule has 3 N–H and O–H groups in total. The number of hydrogen-bond donors (Lipinski definition) is 3. The van der Waals surface area contributed by atoms with E-state index in [0.29, 0.717) is 17.2 Å². The third-order valence-corrected chi connectivity index (χ3v) is 5.84. The minimum atomic E-state index is -0.641. The zero-order chi connectivity index (χ0) is 29.4. The maximum atomic E-state index is 12.1. The highest BCUT2D eigenvalue weighted by Gasteiger charge is 2.16. The maximum absolute atomic E-state index is 12.1. The number of nitrogens with one attached hydrogen (secondary N) is 3. The van der Waals surface area contributed by atoms with E-state index in [1.54, 1.807) is 47.1 Å². The summed E-state index contributed by atoms with van der Waals surface area (Å²) in [6, 6.07) is 19.2. The van der Waals surface area contributed by atoms with Gasteiger partial charge in [0.1, 0.15) is 12.1 Å². The first kappa shape index (κ1) is 29.2. The van der Waals surface area contributed by atoms with Crippen LogP contribution in [0.15, 0.2) is 60.7 Å². The Balaban J connectivity index is 1.38. The molecule has 1 heterocycles. The number of fused-ring (bicyclic) bond motifs is 1. The second-order valence-electron chi connectivity index (χ2n) is 10.1. The molecule has 0 atom stereocenters. The number of carbonyl (C=O) groups excluding carboxylic acids is 2. The number of H-pyrrole nitrogens is 1. The monoisotopic (exact) mass is 558 g/mol. The highest BCUT2D eigenvalue weighted by Crippen LogP contribution is 2.34. The number of amides is 2. The van der Waals surface area contributed by atoms with Gasteiger partial charge in [0, 0.05) is 18.2 Å². The van der Waals surface area contributed by atoms with E-state index in [1.807, 2.05) is 60.7 Å². The fourth-order valence-corrected chi connectivity index (χ4v) is 3.96. The van der Waals surface area contributed by atoms with Crippen molar-refractivity contribution in [3.8, 4) is 22.6 Å². The first-order chi connectivity index (χ1) is 19.6. The fraction of sp³-hybridized carbons (Fsp3) is 0.258. The van der Waals surface area contributed by atoms with Gasteiger partial charge in [-0.1, -0.05) is 30.3 Å². The van der Waals surface area contributed by atoms with Gasteiger partial charge >= 0.3 is 6.09 Å². The smallest absolute Gasteiger partial charge is 0.408 e. The summed E-state index contributed by atoms with van der Waals surface area (Å²) in [6.45, 7) is 5.22. The highest BCUT2D eigenvalue weighted by atomic mass is 16.7. The number of alkyl carbamates (subject to hydrolysis) is 1. The molecule has 10 heteroatoms. The Morgan fingerprint density at radius 2 is 1.66 bits per heavy atom. The van der Waals surface area contributed by atoms with Crippen molar-refractivity contribution in [3.05, 3.63) is 71.9 Å². The van der Waals surface area contributed by atoms with Gasteiger partial charge in [0.15, 0.2) is 18.3 Å². The molecule has 3 aromatic carbocycles. The molecular weight excluding hydrogens is 524 g/mol. The Kier molecular flexibility index (Phi) is 9.26. The van der Waals surface area contributed by atoms with Gasteiger partial charge in [0.05, 0.1) is 18.3 Å². The van der Waals surface area contributed by atoms with Crippen molar-refractivity contribution < 1.29 is 28.5 Å². The molecule has 0 aliphatic carbocycles. The van der Waals surface area contributed by atoms with Crippen LogP contribution in [-0.2, 0) is 14.3 Å². The average Bonchev–Trinajstić information content (AvgIpc) is 3.36. The lowest BCUT2D eigenvalue weighted by atomic mass is 10.0. The Labute approximate surface area is 238 Å². The zero-order valence-electron chi connectivity index (χ0n) is 23.7. The highest BCUT2D eigenvalue weighted by molar-refractivity contribution is 5.94. The molecule has 41 heavy (non-hydrogen) atoms. The number of hydrogen-bond acceptors (Lipinski definition) is 7. The summed E-state index contributed by atoms with van der Waals surface area (Å²) in [4.78, 5) is 23.9. The van der Waals surface area contributed by atoms with Gasteiger partial charge in [-0.3, -0.25) is 9.89 Å². The van der Waals surface area contributed by atoms with E-state index in [9.17, 15) is 9.59 Å². The predicted molar refractivity (Wildman–Crippen MR) is 159 cm³/mol. The molecule has 0 fully saturated rings. The Hall–Kier alpha value is -4.83. The lowest BCUT2D eigenvalue weighted by Crippen LogP contribution is -2.37. The summed E-state index contributed by atoms with van der Waals surface area (Å²) in [5, 5.41) is 13.7. The van der Waals surface area contributed by atoms with Crippen molar-refractivity contribution in [2.24, 2.45) is 0 Å². The molecule has 4 aromatic rings. The van der Waals surface area contributed by atoms with E-state index < -0.39 is 11.7 Å². The van der Waals surface area contributed by atoms with E-state index in [4.69, 9.17) is 18.9 Å². The molecule has 214 valence electrons. The van der Waals surface area contributed by atoms with Gasteiger partial charge in [0.2, 0.25) is 5.91 Å². The number of carbonyl (C=O) groups is 2. The minimum Gasteiger partial charge on any atom is -0.493 e. The molecule has 0 aliphatic heterocycles. The van der Waals surface area contributed by atoms with Crippen LogP contribution >= 0.6 is 0 Å². The van der Waals surface area contributed by atoms with Crippen LogP contribution in [0.4, 0.5) is 10.5 Å². The van der Waals surface area contributed by atoms with Gasteiger partial charge < -0.3 is 29.6 Å². The molecule has 0 aliphatic rings. The van der Waals surface area contributed by atoms with Crippen LogP contribution in [0, 0.1) is 0 Å². The zero-order valence-corrected chi connectivity index (χ0v) is 23.7. The van der Waals surface area contributed by atoms with Crippen LogP contribution in [-0.4, -0.2) is 55.4 Å².